The van der Waals surface area contributed by atoms with Crippen molar-refractivity contribution in [2.24, 2.45) is 0 Å². The van der Waals surface area contributed by atoms with Crippen molar-refractivity contribution in [1.29, 1.82) is 0 Å². The van der Waals surface area contributed by atoms with Gasteiger partial charge in [0.05, 0.1) is 12.7 Å². The van der Waals surface area contributed by atoms with E-state index in [1.807, 2.05) is 62.5 Å². The third-order valence-corrected chi connectivity index (χ3v) is 4.44. The normalized spacial score (nSPS) is 11.4. The van der Waals surface area contributed by atoms with Crippen LogP contribution in [0.3, 0.4) is 0 Å². The van der Waals surface area contributed by atoms with Gasteiger partial charge in [0.2, 0.25) is 0 Å². The van der Waals surface area contributed by atoms with E-state index in [9.17, 15) is 4.79 Å². The van der Waals surface area contributed by atoms with Gasteiger partial charge >= 0.3 is 5.97 Å². The molecule has 0 aliphatic heterocycles. The van der Waals surface area contributed by atoms with Crippen LogP contribution in [0.15, 0.2) is 54.7 Å². The monoisotopic (exact) mass is 397 g/mol. The standard InChI is InChI=1S/C23H24ClNO3/c1-16(2)28-20-7-3-5-17(13-20)8-11-23(26)27-12-4-6-18-15-25-22-10-9-19(24)14-21(18)22/h3,5,7-11,13-16,25H,4,6,12H2,1-2H3/b11-8+. The molecule has 0 atom stereocenters. The van der Waals surface area contributed by atoms with Crippen molar-refractivity contribution in [3.05, 3.63) is 70.9 Å². The highest BCUT2D eigenvalue weighted by molar-refractivity contribution is 6.31. The molecule has 146 valence electrons. The molecule has 5 heteroatoms. The number of hydrogen-bond donors (Lipinski definition) is 1. The molecule has 0 radical (unpaired) electrons. The number of carbonyl (C=O) groups is 1. The fourth-order valence-corrected chi connectivity index (χ4v) is 3.14. The Balaban J connectivity index is 1.46. The lowest BCUT2D eigenvalue weighted by Crippen LogP contribution is -2.05. The summed E-state index contributed by atoms with van der Waals surface area (Å²) in [6.45, 7) is 4.32. The second-order valence-corrected chi connectivity index (χ2v) is 7.28. The Labute approximate surface area is 170 Å². The maximum atomic E-state index is 11.9. The summed E-state index contributed by atoms with van der Waals surface area (Å²) in [6, 6.07) is 13.4. The summed E-state index contributed by atoms with van der Waals surface area (Å²) in [5.41, 5.74) is 3.12. The number of fused-ring (bicyclic) bond motifs is 1. The second kappa shape index (κ2) is 9.47. The Bertz CT molecular complexity index is 975. The summed E-state index contributed by atoms with van der Waals surface area (Å²) in [4.78, 5) is 15.2. The second-order valence-electron chi connectivity index (χ2n) is 6.85. The molecule has 0 saturated heterocycles. The molecule has 0 amide bonds. The van der Waals surface area contributed by atoms with Crippen LogP contribution in [-0.4, -0.2) is 23.7 Å². The van der Waals surface area contributed by atoms with Gasteiger partial charge in [-0.3, -0.25) is 0 Å². The van der Waals surface area contributed by atoms with Crippen LogP contribution < -0.4 is 4.74 Å². The number of halogens is 1. The zero-order chi connectivity index (χ0) is 19.9. The van der Waals surface area contributed by atoms with Gasteiger partial charge in [0.15, 0.2) is 0 Å². The molecule has 1 heterocycles. The highest BCUT2D eigenvalue weighted by atomic mass is 35.5. The van der Waals surface area contributed by atoms with Crippen molar-refractivity contribution in [3.8, 4) is 5.75 Å². The molecule has 0 aliphatic carbocycles. The van der Waals surface area contributed by atoms with E-state index in [0.29, 0.717) is 11.6 Å². The zero-order valence-electron chi connectivity index (χ0n) is 16.1. The number of aromatic amines is 1. The van der Waals surface area contributed by atoms with Gasteiger partial charge in [-0.1, -0.05) is 23.7 Å². The van der Waals surface area contributed by atoms with Crippen LogP contribution in [0, 0.1) is 0 Å². The Morgan fingerprint density at radius 1 is 1.21 bits per heavy atom. The Kier molecular flexibility index (Phi) is 6.77. The highest BCUT2D eigenvalue weighted by Gasteiger charge is 2.05. The lowest BCUT2D eigenvalue weighted by atomic mass is 10.1. The summed E-state index contributed by atoms with van der Waals surface area (Å²) in [7, 11) is 0. The molecule has 3 aromatic rings. The van der Waals surface area contributed by atoms with E-state index < -0.39 is 0 Å². The Hall–Kier alpha value is -2.72. The number of aromatic nitrogens is 1. The number of H-pyrrole nitrogens is 1. The molecule has 1 aromatic heterocycles. The molecule has 1 N–H and O–H groups in total. The lowest BCUT2D eigenvalue weighted by Gasteiger charge is -2.09. The van der Waals surface area contributed by atoms with E-state index in [-0.39, 0.29) is 12.1 Å². The number of ether oxygens (including phenoxy) is 2. The summed E-state index contributed by atoms with van der Waals surface area (Å²) in [5.74, 6) is 0.432. The fourth-order valence-electron chi connectivity index (χ4n) is 2.97. The Morgan fingerprint density at radius 2 is 2.07 bits per heavy atom. The molecule has 4 nitrogen and oxygen atoms in total. The first kappa shape index (κ1) is 20.0. The minimum Gasteiger partial charge on any atom is -0.491 e. The maximum Gasteiger partial charge on any atom is 0.330 e. The van der Waals surface area contributed by atoms with Gasteiger partial charge in [0.25, 0.3) is 0 Å². The van der Waals surface area contributed by atoms with Crippen molar-refractivity contribution >= 4 is 34.5 Å². The number of nitrogens with one attached hydrogen (secondary N) is 1. The minimum atomic E-state index is -0.350. The molecule has 0 bridgehead atoms. The van der Waals surface area contributed by atoms with Crippen LogP contribution in [-0.2, 0) is 16.0 Å². The summed E-state index contributed by atoms with van der Waals surface area (Å²) < 4.78 is 11.0. The summed E-state index contributed by atoms with van der Waals surface area (Å²) in [6.07, 6.45) is 6.83. The number of benzene rings is 2. The number of hydrogen-bond acceptors (Lipinski definition) is 3. The van der Waals surface area contributed by atoms with Gasteiger partial charge < -0.3 is 14.5 Å². The number of rotatable bonds is 8. The molecule has 0 fully saturated rings. The molecule has 28 heavy (non-hydrogen) atoms. The molecule has 0 saturated carbocycles. The third kappa shape index (κ3) is 5.64. The SMILES string of the molecule is CC(C)Oc1cccc(/C=C/C(=O)OCCCc2c[nH]c3ccc(Cl)cc23)c1. The van der Waals surface area contributed by atoms with Gasteiger partial charge in [-0.2, -0.15) is 0 Å². The average molecular weight is 398 g/mol. The van der Waals surface area contributed by atoms with Gasteiger partial charge in [0, 0.05) is 28.2 Å². The van der Waals surface area contributed by atoms with E-state index in [1.165, 1.54) is 11.6 Å². The molecule has 2 aromatic carbocycles. The average Bonchev–Trinajstić information content (AvgIpc) is 3.05. The largest absolute Gasteiger partial charge is 0.491 e. The fraction of sp³-hybridized carbons (Fsp3) is 0.261. The van der Waals surface area contributed by atoms with Crippen molar-refractivity contribution in [1.82, 2.24) is 4.98 Å². The van der Waals surface area contributed by atoms with Crippen LogP contribution in [0.5, 0.6) is 5.75 Å². The van der Waals surface area contributed by atoms with Gasteiger partial charge in [-0.15, -0.1) is 0 Å². The first-order chi connectivity index (χ1) is 13.5. The molecular weight excluding hydrogens is 374 g/mol. The van der Waals surface area contributed by atoms with Crippen LogP contribution in [0.25, 0.3) is 17.0 Å². The zero-order valence-corrected chi connectivity index (χ0v) is 16.8. The van der Waals surface area contributed by atoms with Gasteiger partial charge in [-0.05, 0) is 74.2 Å². The number of esters is 1. The molecule has 0 unspecified atom stereocenters. The lowest BCUT2D eigenvalue weighted by molar-refractivity contribution is -0.137. The van der Waals surface area contributed by atoms with E-state index >= 15 is 0 Å². The molecular formula is C23H24ClNO3. The molecule has 0 spiro atoms. The van der Waals surface area contributed by atoms with Crippen molar-refractivity contribution in [2.75, 3.05) is 6.61 Å². The number of carbonyl (C=O) groups excluding carboxylic acids is 1. The van der Waals surface area contributed by atoms with Crippen LogP contribution >= 0.6 is 11.6 Å². The summed E-state index contributed by atoms with van der Waals surface area (Å²) in [5, 5.41) is 1.83. The first-order valence-electron chi connectivity index (χ1n) is 9.38. The first-order valence-corrected chi connectivity index (χ1v) is 9.76. The van der Waals surface area contributed by atoms with E-state index in [0.717, 1.165) is 35.1 Å². The van der Waals surface area contributed by atoms with E-state index in [2.05, 4.69) is 4.98 Å². The topological polar surface area (TPSA) is 51.3 Å². The molecule has 3 rings (SSSR count). The minimum absolute atomic E-state index is 0.109. The smallest absolute Gasteiger partial charge is 0.330 e. The predicted octanol–water partition coefficient (Wildman–Crippen LogP) is 5.80. The quantitative estimate of drug-likeness (QED) is 0.297. The Morgan fingerprint density at radius 3 is 2.89 bits per heavy atom. The van der Waals surface area contributed by atoms with Gasteiger partial charge in [-0.25, -0.2) is 4.79 Å². The van der Waals surface area contributed by atoms with Crippen LogP contribution in [0.1, 0.15) is 31.4 Å². The van der Waals surface area contributed by atoms with E-state index in [1.54, 1.807) is 6.08 Å². The van der Waals surface area contributed by atoms with Crippen LogP contribution in [0.2, 0.25) is 5.02 Å². The number of aryl methyl sites for hydroxylation is 1. The van der Waals surface area contributed by atoms with E-state index in [4.69, 9.17) is 21.1 Å². The van der Waals surface area contributed by atoms with Crippen molar-refractivity contribution < 1.29 is 14.3 Å². The molecule has 0 aliphatic rings. The van der Waals surface area contributed by atoms with Crippen LogP contribution in [0.4, 0.5) is 0 Å². The maximum absolute atomic E-state index is 11.9. The summed E-state index contributed by atoms with van der Waals surface area (Å²) >= 11 is 6.07. The van der Waals surface area contributed by atoms with Crippen molar-refractivity contribution in [3.63, 3.8) is 0 Å². The van der Waals surface area contributed by atoms with Crippen molar-refractivity contribution in [2.45, 2.75) is 32.8 Å². The predicted molar refractivity (Wildman–Crippen MR) is 114 cm³/mol. The highest BCUT2D eigenvalue weighted by Crippen LogP contribution is 2.23. The third-order valence-electron chi connectivity index (χ3n) is 4.21. The van der Waals surface area contributed by atoms with Gasteiger partial charge in [0.1, 0.15) is 5.75 Å².